The van der Waals surface area contributed by atoms with E-state index in [0.717, 1.165) is 10.1 Å². The van der Waals surface area contributed by atoms with Crippen LogP contribution in [0.3, 0.4) is 0 Å². The molecule has 3 aromatic rings. The Morgan fingerprint density at radius 1 is 1.18 bits per heavy atom. The van der Waals surface area contributed by atoms with Crippen LogP contribution < -0.4 is 11.2 Å². The Kier molecular flexibility index (Phi) is 1.77. The Morgan fingerprint density at radius 3 is 2.71 bits per heavy atom. The summed E-state index contributed by atoms with van der Waals surface area (Å²) in [5, 5.41) is 0.466. The summed E-state index contributed by atoms with van der Waals surface area (Å²) < 4.78 is 2.54. The van der Waals surface area contributed by atoms with E-state index < -0.39 is 0 Å². The Bertz CT molecular complexity index is 853. The van der Waals surface area contributed by atoms with Crippen LogP contribution in [0.25, 0.3) is 21.9 Å². The van der Waals surface area contributed by atoms with Crippen molar-refractivity contribution in [2.45, 2.75) is 0 Å². The molecule has 0 saturated carbocycles. The van der Waals surface area contributed by atoms with Crippen LogP contribution in [0.5, 0.6) is 0 Å². The largest absolute Gasteiger partial charge is 0.345 e. The standard InChI is InChI=1S/C11H10N4O2/c1-14-7-4-3-6-9(13-5-12-6)8(7)10(16)15(2)11(14)17/h3-5H,1-2H3,(H,12,13). The molecular weight excluding hydrogens is 220 g/mol. The van der Waals surface area contributed by atoms with Gasteiger partial charge in [-0.15, -0.1) is 0 Å². The zero-order valence-corrected chi connectivity index (χ0v) is 9.39. The van der Waals surface area contributed by atoms with Crippen molar-refractivity contribution in [3.63, 3.8) is 0 Å². The van der Waals surface area contributed by atoms with Crippen molar-refractivity contribution in [1.82, 2.24) is 19.1 Å². The van der Waals surface area contributed by atoms with E-state index >= 15 is 0 Å². The summed E-state index contributed by atoms with van der Waals surface area (Å²) in [5.74, 6) is 0. The van der Waals surface area contributed by atoms with Gasteiger partial charge in [0.15, 0.2) is 0 Å². The van der Waals surface area contributed by atoms with Crippen LogP contribution in [0, 0.1) is 0 Å². The Hall–Kier alpha value is -2.37. The quantitative estimate of drug-likeness (QED) is 0.596. The molecule has 86 valence electrons. The molecule has 0 amide bonds. The number of hydrogen-bond donors (Lipinski definition) is 1. The van der Waals surface area contributed by atoms with E-state index in [9.17, 15) is 9.59 Å². The van der Waals surface area contributed by atoms with Crippen molar-refractivity contribution in [2.24, 2.45) is 14.1 Å². The number of hydrogen-bond acceptors (Lipinski definition) is 3. The number of aryl methyl sites for hydroxylation is 1. The molecule has 1 N–H and O–H groups in total. The molecule has 0 bridgehead atoms. The molecule has 0 aliphatic rings. The molecule has 0 saturated heterocycles. The molecule has 6 nitrogen and oxygen atoms in total. The van der Waals surface area contributed by atoms with Crippen LogP contribution in [-0.2, 0) is 14.1 Å². The van der Waals surface area contributed by atoms with Gasteiger partial charge in [-0.1, -0.05) is 0 Å². The summed E-state index contributed by atoms with van der Waals surface area (Å²) >= 11 is 0. The van der Waals surface area contributed by atoms with Crippen LogP contribution in [0.2, 0.25) is 0 Å². The summed E-state index contributed by atoms with van der Waals surface area (Å²) in [6, 6.07) is 3.56. The van der Waals surface area contributed by atoms with Crippen molar-refractivity contribution in [3.8, 4) is 0 Å². The van der Waals surface area contributed by atoms with E-state index in [4.69, 9.17) is 0 Å². The van der Waals surface area contributed by atoms with Gasteiger partial charge in [0, 0.05) is 14.1 Å². The smallest absolute Gasteiger partial charge is 0.330 e. The van der Waals surface area contributed by atoms with Gasteiger partial charge in [0.1, 0.15) is 5.52 Å². The van der Waals surface area contributed by atoms with Gasteiger partial charge in [-0.05, 0) is 12.1 Å². The lowest BCUT2D eigenvalue weighted by Crippen LogP contribution is -2.37. The first-order valence-electron chi connectivity index (χ1n) is 5.13. The molecular formula is C11H10N4O2. The molecule has 2 aromatic heterocycles. The van der Waals surface area contributed by atoms with Gasteiger partial charge in [-0.25, -0.2) is 9.78 Å². The van der Waals surface area contributed by atoms with Crippen LogP contribution in [-0.4, -0.2) is 19.1 Å². The Labute approximate surface area is 95.1 Å². The van der Waals surface area contributed by atoms with Gasteiger partial charge in [-0.2, -0.15) is 0 Å². The fourth-order valence-corrected chi connectivity index (χ4v) is 2.07. The van der Waals surface area contributed by atoms with E-state index in [0.29, 0.717) is 16.4 Å². The van der Waals surface area contributed by atoms with Gasteiger partial charge in [-0.3, -0.25) is 13.9 Å². The van der Waals surface area contributed by atoms with Crippen LogP contribution in [0.15, 0.2) is 28.0 Å². The Balaban J connectivity index is 2.79. The maximum absolute atomic E-state index is 12.1. The van der Waals surface area contributed by atoms with Gasteiger partial charge in [0.25, 0.3) is 5.56 Å². The SMILES string of the molecule is Cn1c(=O)c2c3nc[nH]c3ccc2n(C)c1=O. The number of imidazole rings is 1. The Morgan fingerprint density at radius 2 is 1.94 bits per heavy atom. The molecule has 6 heteroatoms. The minimum absolute atomic E-state index is 0.319. The predicted octanol–water partition coefficient (Wildman–Crippen LogP) is 0.113. The number of rotatable bonds is 0. The summed E-state index contributed by atoms with van der Waals surface area (Å²) in [7, 11) is 3.11. The second kappa shape index (κ2) is 3.07. The monoisotopic (exact) mass is 230 g/mol. The van der Waals surface area contributed by atoms with E-state index in [1.54, 1.807) is 13.1 Å². The molecule has 3 rings (SSSR count). The minimum Gasteiger partial charge on any atom is -0.345 e. The van der Waals surface area contributed by atoms with Gasteiger partial charge >= 0.3 is 5.69 Å². The van der Waals surface area contributed by atoms with E-state index in [2.05, 4.69) is 9.97 Å². The number of H-pyrrole nitrogens is 1. The lowest BCUT2D eigenvalue weighted by atomic mass is 10.2. The molecule has 17 heavy (non-hydrogen) atoms. The molecule has 0 spiro atoms. The van der Waals surface area contributed by atoms with E-state index in [1.165, 1.54) is 17.9 Å². The molecule has 0 atom stereocenters. The number of aromatic amines is 1. The third-order valence-electron chi connectivity index (χ3n) is 3.02. The fourth-order valence-electron chi connectivity index (χ4n) is 2.07. The zero-order valence-electron chi connectivity index (χ0n) is 9.39. The van der Waals surface area contributed by atoms with Crippen LogP contribution in [0.1, 0.15) is 0 Å². The summed E-state index contributed by atoms with van der Waals surface area (Å²) in [6.07, 6.45) is 1.54. The molecule has 0 aliphatic heterocycles. The highest BCUT2D eigenvalue weighted by Gasteiger charge is 2.12. The van der Waals surface area contributed by atoms with Crippen molar-refractivity contribution < 1.29 is 0 Å². The van der Waals surface area contributed by atoms with Crippen molar-refractivity contribution in [2.75, 3.05) is 0 Å². The number of nitrogens with zero attached hydrogens (tertiary/aromatic N) is 3. The maximum atomic E-state index is 12.1. The first kappa shape index (κ1) is 9.83. The lowest BCUT2D eigenvalue weighted by molar-refractivity contribution is 0.714. The highest BCUT2D eigenvalue weighted by molar-refractivity contribution is 6.01. The highest BCUT2D eigenvalue weighted by atomic mass is 16.2. The molecule has 2 heterocycles. The second-order valence-electron chi connectivity index (χ2n) is 3.96. The first-order valence-corrected chi connectivity index (χ1v) is 5.13. The number of benzene rings is 1. The average Bonchev–Trinajstić information content (AvgIpc) is 2.80. The lowest BCUT2D eigenvalue weighted by Gasteiger charge is -2.07. The summed E-state index contributed by atoms with van der Waals surface area (Å²) in [6.45, 7) is 0. The average molecular weight is 230 g/mol. The normalized spacial score (nSPS) is 11.4. The number of fused-ring (bicyclic) bond motifs is 3. The topological polar surface area (TPSA) is 72.7 Å². The third-order valence-corrected chi connectivity index (χ3v) is 3.02. The zero-order chi connectivity index (χ0) is 12.2. The van der Waals surface area contributed by atoms with Crippen molar-refractivity contribution >= 4 is 21.9 Å². The molecule has 0 radical (unpaired) electrons. The first-order chi connectivity index (χ1) is 8.11. The summed E-state index contributed by atoms with van der Waals surface area (Å²) in [4.78, 5) is 31.0. The van der Waals surface area contributed by atoms with Gasteiger partial charge < -0.3 is 4.98 Å². The second-order valence-corrected chi connectivity index (χ2v) is 3.96. The van der Waals surface area contributed by atoms with Crippen molar-refractivity contribution in [1.29, 1.82) is 0 Å². The predicted molar refractivity (Wildman–Crippen MR) is 64.1 cm³/mol. The van der Waals surface area contributed by atoms with Crippen molar-refractivity contribution in [3.05, 3.63) is 39.3 Å². The third kappa shape index (κ3) is 1.12. The molecule has 0 aliphatic carbocycles. The van der Waals surface area contributed by atoms with Crippen LogP contribution in [0.4, 0.5) is 0 Å². The highest BCUT2D eigenvalue weighted by Crippen LogP contribution is 2.17. The summed E-state index contributed by atoms with van der Waals surface area (Å²) in [5.41, 5.74) is 1.32. The molecule has 0 unspecified atom stereocenters. The van der Waals surface area contributed by atoms with Gasteiger partial charge in [0.2, 0.25) is 0 Å². The van der Waals surface area contributed by atoms with Gasteiger partial charge in [0.05, 0.1) is 22.7 Å². The van der Waals surface area contributed by atoms with Crippen LogP contribution >= 0.6 is 0 Å². The molecule has 0 fully saturated rings. The molecule has 1 aromatic carbocycles. The maximum Gasteiger partial charge on any atom is 0.330 e. The van der Waals surface area contributed by atoms with E-state index in [-0.39, 0.29) is 11.2 Å². The van der Waals surface area contributed by atoms with E-state index in [1.807, 2.05) is 6.07 Å². The fraction of sp³-hybridized carbons (Fsp3) is 0.182. The number of aromatic nitrogens is 4. The number of nitrogens with one attached hydrogen (secondary N) is 1. The minimum atomic E-state index is -0.336.